The summed E-state index contributed by atoms with van der Waals surface area (Å²) in [7, 11) is 0. The third-order valence-electron chi connectivity index (χ3n) is 17.2. The van der Waals surface area contributed by atoms with Gasteiger partial charge < -0.3 is 4.90 Å². The number of piperidine rings is 1. The first-order valence-corrected chi connectivity index (χ1v) is 25.9. The maximum absolute atomic E-state index is 14.1. The van der Waals surface area contributed by atoms with E-state index in [9.17, 15) is 4.79 Å². The maximum Gasteiger partial charge on any atom is 0.136 e. The minimum atomic E-state index is 0.252. The van der Waals surface area contributed by atoms with Gasteiger partial charge in [-0.2, -0.15) is 0 Å². The standard InChI is InChI=1S/C56H95NO/c1-12-35-57-36-31-45(32-37-57)26-27-46(13-2)49(47-24-17-25-47)28-29-53(58)50-38-51(50)54-42(8)43(9)55-48(44(54)10)30-34-56(11,52(55)14-3)33-18-23-41(7)22-16-21-40(6)20-15-19-39(4)5/h39-41,45-46,50-52H,12-38H2,1-11H3. The van der Waals surface area contributed by atoms with E-state index in [0.29, 0.717) is 29.0 Å². The van der Waals surface area contributed by atoms with Crippen LogP contribution in [0.4, 0.5) is 0 Å². The lowest BCUT2D eigenvalue weighted by Gasteiger charge is -2.45. The summed E-state index contributed by atoms with van der Waals surface area (Å²) in [6, 6.07) is 0. The van der Waals surface area contributed by atoms with Crippen LogP contribution < -0.4 is 0 Å². The first kappa shape index (κ1) is 47.6. The van der Waals surface area contributed by atoms with E-state index < -0.39 is 0 Å². The Kier molecular flexibility index (Phi) is 18.6. The molecule has 0 aromatic heterocycles. The molecule has 0 radical (unpaired) electrons. The van der Waals surface area contributed by atoms with Crippen LogP contribution in [-0.4, -0.2) is 30.3 Å². The van der Waals surface area contributed by atoms with Crippen LogP contribution in [0.15, 0.2) is 11.1 Å². The lowest BCUT2D eigenvalue weighted by molar-refractivity contribution is -0.120. The molecule has 7 unspecified atom stereocenters. The molecule has 0 N–H and O–H groups in total. The average Bonchev–Trinajstić information content (AvgIpc) is 3.96. The summed E-state index contributed by atoms with van der Waals surface area (Å²) in [4.78, 5) is 16.8. The van der Waals surface area contributed by atoms with Crippen LogP contribution in [0.2, 0.25) is 0 Å². The van der Waals surface area contributed by atoms with Crippen molar-refractivity contribution in [2.24, 2.45) is 40.9 Å². The highest BCUT2D eigenvalue weighted by Crippen LogP contribution is 2.57. The molecule has 1 heterocycles. The van der Waals surface area contributed by atoms with Crippen molar-refractivity contribution in [3.63, 3.8) is 0 Å². The molecule has 0 amide bonds. The SMILES string of the molecule is CCCN1CCC(CCC(CC)C(CCC(=O)C2CC2c2c(C)c(C)c3c(c2C)CCC(C)(CCCC(C)CCCC(C)CCCC(C)C)C3CC)=C2CCC2)CC1. The molecule has 1 aliphatic heterocycles. The summed E-state index contributed by atoms with van der Waals surface area (Å²) in [6.45, 7) is 30.8. The number of nitrogens with zero attached hydrogens (tertiary/aromatic N) is 1. The van der Waals surface area contributed by atoms with Crippen molar-refractivity contribution in [2.45, 2.75) is 242 Å². The van der Waals surface area contributed by atoms with Gasteiger partial charge in [0.05, 0.1) is 0 Å². The van der Waals surface area contributed by atoms with Crippen molar-refractivity contribution in [3.05, 3.63) is 44.5 Å². The van der Waals surface area contributed by atoms with Gasteiger partial charge in [0.1, 0.15) is 5.78 Å². The van der Waals surface area contributed by atoms with Gasteiger partial charge >= 0.3 is 0 Å². The zero-order valence-electron chi connectivity index (χ0n) is 40.6. The fourth-order valence-electron chi connectivity index (χ4n) is 12.9. The van der Waals surface area contributed by atoms with Crippen LogP contribution in [-0.2, 0) is 11.2 Å². The van der Waals surface area contributed by atoms with Crippen molar-refractivity contribution in [1.29, 1.82) is 0 Å². The predicted molar refractivity (Wildman–Crippen MR) is 253 cm³/mol. The molecule has 1 aromatic carbocycles. The number of allylic oxidation sites excluding steroid dienone is 2. The number of carbonyl (C=O) groups is 1. The Balaban J connectivity index is 1.14. The second-order valence-corrected chi connectivity index (χ2v) is 22.0. The van der Waals surface area contributed by atoms with Crippen molar-refractivity contribution < 1.29 is 4.79 Å². The van der Waals surface area contributed by atoms with E-state index in [-0.39, 0.29) is 5.92 Å². The number of carbonyl (C=O) groups excluding carboxylic acids is 1. The molecular formula is C56H95NO. The zero-order valence-corrected chi connectivity index (χ0v) is 40.6. The maximum atomic E-state index is 14.1. The number of Topliss-reactive ketones (excluding diaryl/α,β-unsaturated/α-hetero) is 1. The number of hydrogen-bond donors (Lipinski definition) is 0. The molecule has 5 rings (SSSR count). The molecular weight excluding hydrogens is 703 g/mol. The minimum absolute atomic E-state index is 0.252. The van der Waals surface area contributed by atoms with Gasteiger partial charge in [-0.3, -0.25) is 4.79 Å². The highest BCUT2D eigenvalue weighted by molar-refractivity contribution is 5.85. The Hall–Kier alpha value is -1.41. The summed E-state index contributed by atoms with van der Waals surface area (Å²) in [6.07, 6.45) is 31.3. The lowest BCUT2D eigenvalue weighted by atomic mass is 9.59. The molecule has 1 aromatic rings. The van der Waals surface area contributed by atoms with Gasteiger partial charge in [0, 0.05) is 12.3 Å². The molecule has 1 saturated heterocycles. The molecule has 2 heteroatoms. The summed E-state index contributed by atoms with van der Waals surface area (Å²) < 4.78 is 0. The highest BCUT2D eigenvalue weighted by atomic mass is 16.1. The van der Waals surface area contributed by atoms with Gasteiger partial charge in [-0.25, -0.2) is 0 Å². The number of likely N-dealkylation sites (tertiary alicyclic amines) is 1. The Labute approximate surface area is 361 Å². The number of rotatable bonds is 25. The second kappa shape index (κ2) is 22.6. The third kappa shape index (κ3) is 12.4. The average molecular weight is 798 g/mol. The number of ketones is 1. The van der Waals surface area contributed by atoms with Crippen LogP contribution >= 0.6 is 0 Å². The van der Waals surface area contributed by atoms with E-state index in [2.05, 4.69) is 81.1 Å². The summed E-state index contributed by atoms with van der Waals surface area (Å²) in [5.41, 5.74) is 13.5. The summed E-state index contributed by atoms with van der Waals surface area (Å²) in [5, 5.41) is 0. The molecule has 4 aliphatic rings. The molecule has 0 spiro atoms. The molecule has 3 fully saturated rings. The van der Waals surface area contributed by atoms with Crippen molar-refractivity contribution in [3.8, 4) is 0 Å². The predicted octanol–water partition coefficient (Wildman–Crippen LogP) is 16.4. The van der Waals surface area contributed by atoms with Crippen LogP contribution in [0.25, 0.3) is 0 Å². The third-order valence-corrected chi connectivity index (χ3v) is 17.2. The van der Waals surface area contributed by atoms with Crippen LogP contribution in [0.3, 0.4) is 0 Å². The van der Waals surface area contributed by atoms with Crippen LogP contribution in [0.1, 0.15) is 248 Å². The Morgan fingerprint density at radius 1 is 0.776 bits per heavy atom. The smallest absolute Gasteiger partial charge is 0.136 e. The molecule has 2 nitrogen and oxygen atoms in total. The molecule has 3 aliphatic carbocycles. The number of hydrogen-bond acceptors (Lipinski definition) is 2. The molecule has 0 bridgehead atoms. The zero-order chi connectivity index (χ0) is 42.0. The first-order chi connectivity index (χ1) is 27.8. The van der Waals surface area contributed by atoms with Gasteiger partial charge in [-0.05, 0) is 217 Å². The van der Waals surface area contributed by atoms with Crippen LogP contribution in [0, 0.1) is 61.7 Å². The van der Waals surface area contributed by atoms with E-state index in [1.807, 2.05) is 0 Å². The first-order valence-electron chi connectivity index (χ1n) is 25.9. The van der Waals surface area contributed by atoms with Gasteiger partial charge in [0.2, 0.25) is 0 Å². The summed E-state index contributed by atoms with van der Waals surface area (Å²) in [5.74, 6) is 6.12. The van der Waals surface area contributed by atoms with Gasteiger partial charge in [0.25, 0.3) is 0 Å². The van der Waals surface area contributed by atoms with Gasteiger partial charge in [-0.1, -0.05) is 118 Å². The van der Waals surface area contributed by atoms with Crippen LogP contribution in [0.5, 0.6) is 0 Å². The van der Waals surface area contributed by atoms with E-state index in [0.717, 1.165) is 42.9 Å². The monoisotopic (exact) mass is 798 g/mol. The Bertz CT molecular complexity index is 1470. The fraction of sp³-hybridized carbons (Fsp3) is 0.839. The Morgan fingerprint density at radius 3 is 2.00 bits per heavy atom. The largest absolute Gasteiger partial charge is 0.303 e. The van der Waals surface area contributed by atoms with E-state index in [1.54, 1.807) is 39.0 Å². The quantitative estimate of drug-likeness (QED) is 0.0919. The molecule has 2 saturated carbocycles. The normalized spacial score (nSPS) is 25.4. The molecule has 58 heavy (non-hydrogen) atoms. The van der Waals surface area contributed by atoms with E-state index in [1.165, 1.54) is 160 Å². The fourth-order valence-corrected chi connectivity index (χ4v) is 12.9. The molecule has 7 atom stereocenters. The van der Waals surface area contributed by atoms with Gasteiger partial charge in [-0.15, -0.1) is 0 Å². The molecule has 330 valence electrons. The second-order valence-electron chi connectivity index (χ2n) is 22.0. The van der Waals surface area contributed by atoms with Crippen molar-refractivity contribution in [1.82, 2.24) is 4.90 Å². The number of fused-ring (bicyclic) bond motifs is 1. The summed E-state index contributed by atoms with van der Waals surface area (Å²) >= 11 is 0. The van der Waals surface area contributed by atoms with E-state index in [4.69, 9.17) is 0 Å². The van der Waals surface area contributed by atoms with E-state index >= 15 is 0 Å². The lowest BCUT2D eigenvalue weighted by Crippen LogP contribution is -2.34. The highest BCUT2D eigenvalue weighted by Gasteiger charge is 2.47. The van der Waals surface area contributed by atoms with Crippen molar-refractivity contribution in [2.75, 3.05) is 19.6 Å². The van der Waals surface area contributed by atoms with Crippen molar-refractivity contribution >= 4 is 5.78 Å². The Morgan fingerprint density at radius 2 is 1.41 bits per heavy atom. The number of benzene rings is 1. The van der Waals surface area contributed by atoms with Gasteiger partial charge in [0.15, 0.2) is 0 Å². The minimum Gasteiger partial charge on any atom is -0.303 e. The topological polar surface area (TPSA) is 20.3 Å².